The molecule has 3 aliphatic rings. The van der Waals surface area contributed by atoms with Crippen molar-refractivity contribution in [2.75, 3.05) is 6.61 Å². The number of nitrogens with zero attached hydrogens (tertiary/aromatic N) is 1. The fraction of sp³-hybridized carbons (Fsp3) is 0.552. The van der Waals surface area contributed by atoms with Crippen molar-refractivity contribution >= 4 is 11.8 Å². The molecule has 1 saturated heterocycles. The second-order valence-electron chi connectivity index (χ2n) is 10.6. The van der Waals surface area contributed by atoms with Crippen molar-refractivity contribution in [3.8, 4) is 0 Å². The number of aromatic nitrogens is 1. The number of carbonyl (C=O) groups is 2. The highest BCUT2D eigenvalue weighted by molar-refractivity contribution is 5.99. The second-order valence-corrected chi connectivity index (χ2v) is 10.6. The summed E-state index contributed by atoms with van der Waals surface area (Å²) in [4.78, 5) is 40.1. The van der Waals surface area contributed by atoms with E-state index >= 15 is 0 Å². The molecule has 1 unspecified atom stereocenters. The van der Waals surface area contributed by atoms with Crippen LogP contribution >= 0.6 is 0 Å². The highest BCUT2D eigenvalue weighted by Crippen LogP contribution is 2.22. The number of carbonyl (C=O) groups excluding carboxylic acids is 2. The molecule has 2 amide bonds. The molecule has 0 radical (unpaired) electrons. The summed E-state index contributed by atoms with van der Waals surface area (Å²) in [6, 6.07) is 8.18. The van der Waals surface area contributed by atoms with E-state index in [1.165, 1.54) is 30.4 Å². The van der Waals surface area contributed by atoms with Gasteiger partial charge < -0.3 is 19.9 Å². The van der Waals surface area contributed by atoms with Gasteiger partial charge in [-0.1, -0.05) is 56.4 Å². The summed E-state index contributed by atoms with van der Waals surface area (Å²) in [7, 11) is 0. The predicted molar refractivity (Wildman–Crippen MR) is 138 cm³/mol. The molecule has 2 aliphatic carbocycles. The summed E-state index contributed by atoms with van der Waals surface area (Å²) in [5.41, 5.74) is 2.01. The van der Waals surface area contributed by atoms with Gasteiger partial charge in [0, 0.05) is 37.6 Å². The van der Waals surface area contributed by atoms with Crippen molar-refractivity contribution in [3.63, 3.8) is 0 Å². The molecule has 36 heavy (non-hydrogen) atoms. The van der Waals surface area contributed by atoms with Crippen LogP contribution in [0.3, 0.4) is 0 Å². The number of rotatable bonds is 6. The van der Waals surface area contributed by atoms with E-state index in [0.29, 0.717) is 6.54 Å². The fourth-order valence-corrected chi connectivity index (χ4v) is 5.87. The summed E-state index contributed by atoms with van der Waals surface area (Å²) in [5, 5.41) is 6.15. The van der Waals surface area contributed by atoms with E-state index in [-0.39, 0.29) is 35.2 Å². The smallest absolute Gasteiger partial charge is 0.257 e. The molecule has 1 atom stereocenters. The number of hydrogen-bond donors (Lipinski definition) is 2. The molecular formula is C29H37N3O4. The Bertz CT molecular complexity index is 1120. The molecule has 0 bridgehead atoms. The molecule has 2 N–H and O–H groups in total. The fourth-order valence-electron chi connectivity index (χ4n) is 5.87. The predicted octanol–water partition coefficient (Wildman–Crippen LogP) is 3.77. The van der Waals surface area contributed by atoms with E-state index in [1.54, 1.807) is 17.0 Å². The largest absolute Gasteiger partial charge is 0.376 e. The van der Waals surface area contributed by atoms with E-state index in [0.717, 1.165) is 58.0 Å². The first-order valence-corrected chi connectivity index (χ1v) is 13.6. The highest BCUT2D eigenvalue weighted by Gasteiger charge is 2.27. The number of fused-ring (bicyclic) bond motifs is 1. The van der Waals surface area contributed by atoms with Gasteiger partial charge in [0.05, 0.1) is 6.10 Å². The maximum Gasteiger partial charge on any atom is 0.257 e. The van der Waals surface area contributed by atoms with Crippen LogP contribution in [0.15, 0.2) is 41.5 Å². The van der Waals surface area contributed by atoms with Gasteiger partial charge in [0.25, 0.3) is 11.8 Å². The summed E-state index contributed by atoms with van der Waals surface area (Å²) >= 11 is 0. The molecule has 1 aromatic carbocycles. The first-order valence-electron chi connectivity index (χ1n) is 13.6. The minimum absolute atomic E-state index is 0.0225. The van der Waals surface area contributed by atoms with Gasteiger partial charge in [0.2, 0.25) is 5.43 Å². The van der Waals surface area contributed by atoms with Crippen LogP contribution in [0, 0.1) is 0 Å². The van der Waals surface area contributed by atoms with E-state index < -0.39 is 11.3 Å². The summed E-state index contributed by atoms with van der Waals surface area (Å²) in [6.45, 7) is 1.23. The molecule has 1 aromatic heterocycles. The van der Waals surface area contributed by atoms with Gasteiger partial charge in [-0.05, 0) is 49.7 Å². The topological polar surface area (TPSA) is 89.4 Å². The normalized spacial score (nSPS) is 20.9. The number of hydrogen-bond acceptors (Lipinski definition) is 4. The number of amides is 2. The van der Waals surface area contributed by atoms with Crippen LogP contribution in [0.1, 0.15) is 89.6 Å². The standard InChI is InChI=1S/C29H37N3O4/c33-27-25(28(34)30-22-11-4-2-1-3-5-12-22)18-32(17-24-13-8-14-36-24)19-26(27)29(35)31-23-15-20-9-6-7-10-21(20)16-23/h6-7,9-10,18-19,22-24H,1-5,8,11-17H2,(H,30,34)(H,31,35). The maximum atomic E-state index is 13.4. The maximum absolute atomic E-state index is 13.4. The lowest BCUT2D eigenvalue weighted by atomic mass is 9.96. The van der Waals surface area contributed by atoms with Crippen molar-refractivity contribution in [2.24, 2.45) is 0 Å². The minimum Gasteiger partial charge on any atom is -0.376 e. The molecule has 7 nitrogen and oxygen atoms in total. The van der Waals surface area contributed by atoms with Crippen molar-refractivity contribution in [2.45, 2.75) is 95.4 Å². The Morgan fingerprint density at radius 1 is 0.806 bits per heavy atom. The van der Waals surface area contributed by atoms with E-state index in [2.05, 4.69) is 22.8 Å². The Morgan fingerprint density at radius 2 is 1.39 bits per heavy atom. The summed E-state index contributed by atoms with van der Waals surface area (Å²) in [6.07, 6.45) is 14.3. The number of pyridine rings is 1. The van der Waals surface area contributed by atoms with Gasteiger partial charge in [-0.15, -0.1) is 0 Å². The van der Waals surface area contributed by atoms with Crippen LogP contribution in [0.4, 0.5) is 0 Å². The average molecular weight is 492 g/mol. The Morgan fingerprint density at radius 3 is 1.97 bits per heavy atom. The monoisotopic (exact) mass is 491 g/mol. The molecule has 0 spiro atoms. The van der Waals surface area contributed by atoms with Crippen molar-refractivity contribution in [3.05, 3.63) is 69.1 Å². The van der Waals surface area contributed by atoms with E-state index in [1.807, 2.05) is 12.1 Å². The lowest BCUT2D eigenvalue weighted by Crippen LogP contribution is -2.42. The molecule has 2 fully saturated rings. The SMILES string of the molecule is O=C(NC1CCCCCCC1)c1cn(CC2CCCO2)cc(C(=O)NC2Cc3ccccc3C2)c1=O. The van der Waals surface area contributed by atoms with Gasteiger partial charge in [0.15, 0.2) is 0 Å². The van der Waals surface area contributed by atoms with Gasteiger partial charge in [-0.3, -0.25) is 14.4 Å². The third kappa shape index (κ3) is 5.89. The quantitative estimate of drug-likeness (QED) is 0.644. The van der Waals surface area contributed by atoms with Crippen molar-refractivity contribution < 1.29 is 14.3 Å². The van der Waals surface area contributed by atoms with Gasteiger partial charge in [-0.2, -0.15) is 0 Å². The molecule has 1 aliphatic heterocycles. The number of ether oxygens (including phenoxy) is 1. The van der Waals surface area contributed by atoms with Crippen LogP contribution in [0.5, 0.6) is 0 Å². The van der Waals surface area contributed by atoms with Gasteiger partial charge in [-0.25, -0.2) is 0 Å². The van der Waals surface area contributed by atoms with Crippen molar-refractivity contribution in [1.29, 1.82) is 0 Å². The first kappa shape index (κ1) is 24.8. The third-order valence-electron chi connectivity index (χ3n) is 7.83. The first-order chi connectivity index (χ1) is 17.6. The lowest BCUT2D eigenvalue weighted by Gasteiger charge is -2.22. The van der Waals surface area contributed by atoms with Gasteiger partial charge >= 0.3 is 0 Å². The third-order valence-corrected chi connectivity index (χ3v) is 7.83. The number of benzene rings is 1. The molecule has 2 aromatic rings. The molecule has 1 saturated carbocycles. The van der Waals surface area contributed by atoms with Crippen LogP contribution in [0.2, 0.25) is 0 Å². The zero-order valence-corrected chi connectivity index (χ0v) is 21.0. The van der Waals surface area contributed by atoms with Crippen molar-refractivity contribution in [1.82, 2.24) is 15.2 Å². The highest BCUT2D eigenvalue weighted by atomic mass is 16.5. The zero-order chi connectivity index (χ0) is 24.9. The van der Waals surface area contributed by atoms with E-state index in [9.17, 15) is 14.4 Å². The summed E-state index contributed by atoms with van der Waals surface area (Å²) in [5.74, 6) is -0.797. The molecular weight excluding hydrogens is 454 g/mol. The molecule has 7 heteroatoms. The molecule has 2 heterocycles. The average Bonchev–Trinajstić information content (AvgIpc) is 3.50. The molecule has 5 rings (SSSR count). The van der Waals surface area contributed by atoms with Crippen LogP contribution < -0.4 is 16.1 Å². The molecule has 192 valence electrons. The second kappa shape index (κ2) is 11.4. The Labute approximate surface area is 212 Å². The van der Waals surface area contributed by atoms with Crippen LogP contribution in [-0.2, 0) is 24.1 Å². The van der Waals surface area contributed by atoms with Gasteiger partial charge in [0.1, 0.15) is 11.1 Å². The Balaban J connectivity index is 1.36. The van der Waals surface area contributed by atoms with Crippen LogP contribution in [0.25, 0.3) is 0 Å². The minimum atomic E-state index is -0.505. The summed E-state index contributed by atoms with van der Waals surface area (Å²) < 4.78 is 7.57. The number of nitrogens with one attached hydrogen (secondary N) is 2. The lowest BCUT2D eigenvalue weighted by molar-refractivity contribution is 0.0912. The Hall–Kier alpha value is -2.93. The van der Waals surface area contributed by atoms with Crippen LogP contribution in [-0.4, -0.2) is 41.2 Å². The zero-order valence-electron chi connectivity index (χ0n) is 21.0. The Kier molecular flexibility index (Phi) is 7.85. The van der Waals surface area contributed by atoms with E-state index in [4.69, 9.17) is 4.74 Å².